The Balaban J connectivity index is 1.98. The van der Waals surface area contributed by atoms with E-state index in [1.807, 2.05) is 0 Å². The van der Waals surface area contributed by atoms with Crippen molar-refractivity contribution < 1.29 is 9.47 Å². The van der Waals surface area contributed by atoms with E-state index in [1.165, 1.54) is 12.0 Å². The van der Waals surface area contributed by atoms with Gasteiger partial charge in [-0.25, -0.2) is 0 Å². The largest absolute Gasteiger partial charge is 0.465 e. The molecule has 1 aliphatic heterocycles. The highest BCUT2D eigenvalue weighted by atomic mass is 16.7. The molecule has 0 aliphatic carbocycles. The van der Waals surface area contributed by atoms with Gasteiger partial charge >= 0.3 is 0 Å². The first-order chi connectivity index (χ1) is 8.97. The predicted molar refractivity (Wildman–Crippen MR) is 78.5 cm³/mol. The third kappa shape index (κ3) is 3.97. The molecule has 0 saturated carbocycles. The molecule has 1 aliphatic rings. The molecule has 2 nitrogen and oxygen atoms in total. The van der Waals surface area contributed by atoms with Gasteiger partial charge in [0.25, 0.3) is 0 Å². The average Bonchev–Trinajstić information content (AvgIpc) is 2.39. The first-order valence-corrected chi connectivity index (χ1v) is 7.35. The summed E-state index contributed by atoms with van der Waals surface area (Å²) in [5.41, 5.74) is 1.65. The van der Waals surface area contributed by atoms with Crippen LogP contribution in [-0.2, 0) is 4.74 Å². The Bertz CT molecular complexity index is 383. The van der Waals surface area contributed by atoms with E-state index in [0.29, 0.717) is 5.92 Å². The summed E-state index contributed by atoms with van der Waals surface area (Å²) >= 11 is 0. The third-order valence-corrected chi connectivity index (χ3v) is 4.08. The fraction of sp³-hybridized carbons (Fsp3) is 0.647. The van der Waals surface area contributed by atoms with Crippen molar-refractivity contribution in [3.8, 4) is 5.75 Å². The molecule has 2 atom stereocenters. The van der Waals surface area contributed by atoms with Gasteiger partial charge in [0.15, 0.2) is 6.29 Å². The van der Waals surface area contributed by atoms with Crippen molar-refractivity contribution in [1.29, 1.82) is 0 Å². The molecule has 2 unspecified atom stereocenters. The van der Waals surface area contributed by atoms with Crippen molar-refractivity contribution >= 4 is 0 Å². The number of benzene rings is 1. The molecule has 0 bridgehead atoms. The lowest BCUT2D eigenvalue weighted by molar-refractivity contribution is -0.105. The summed E-state index contributed by atoms with van der Waals surface area (Å²) in [4.78, 5) is 0. The fourth-order valence-corrected chi connectivity index (χ4v) is 2.29. The van der Waals surface area contributed by atoms with Crippen molar-refractivity contribution in [3.63, 3.8) is 0 Å². The normalized spacial score (nSPS) is 22.0. The minimum absolute atomic E-state index is 0.0559. The predicted octanol–water partition coefficient (Wildman–Crippen LogP) is 4.74. The summed E-state index contributed by atoms with van der Waals surface area (Å²) in [6.45, 7) is 9.93. The maximum atomic E-state index is 5.85. The standard InChI is InChI=1S/C17H26O2/c1-13(17(2,3)4)14-8-10-15(11-9-14)19-16-7-5-6-12-18-16/h8-11,13,16H,5-7,12H2,1-4H3. The van der Waals surface area contributed by atoms with E-state index in [1.54, 1.807) is 0 Å². The van der Waals surface area contributed by atoms with Crippen LogP contribution >= 0.6 is 0 Å². The summed E-state index contributed by atoms with van der Waals surface area (Å²) < 4.78 is 11.4. The summed E-state index contributed by atoms with van der Waals surface area (Å²) in [6, 6.07) is 8.48. The van der Waals surface area contributed by atoms with Gasteiger partial charge in [-0.2, -0.15) is 0 Å². The zero-order valence-electron chi connectivity index (χ0n) is 12.6. The quantitative estimate of drug-likeness (QED) is 0.783. The molecule has 1 fully saturated rings. The molecule has 1 saturated heterocycles. The second-order valence-electron chi connectivity index (χ2n) is 6.57. The van der Waals surface area contributed by atoms with Crippen molar-refractivity contribution in [1.82, 2.24) is 0 Å². The average molecular weight is 262 g/mol. The van der Waals surface area contributed by atoms with E-state index in [9.17, 15) is 0 Å². The highest BCUT2D eigenvalue weighted by molar-refractivity contribution is 5.30. The molecule has 1 aromatic carbocycles. The maximum Gasteiger partial charge on any atom is 0.199 e. The number of ether oxygens (including phenoxy) is 2. The molecule has 2 rings (SSSR count). The number of hydrogen-bond acceptors (Lipinski definition) is 2. The number of hydrogen-bond donors (Lipinski definition) is 0. The van der Waals surface area contributed by atoms with E-state index in [2.05, 4.69) is 52.0 Å². The van der Waals surface area contributed by atoms with Crippen LogP contribution in [0.5, 0.6) is 5.75 Å². The summed E-state index contributed by atoms with van der Waals surface area (Å²) in [5, 5.41) is 0. The van der Waals surface area contributed by atoms with Gasteiger partial charge in [0.1, 0.15) is 5.75 Å². The van der Waals surface area contributed by atoms with E-state index >= 15 is 0 Å². The van der Waals surface area contributed by atoms with E-state index in [0.717, 1.165) is 25.2 Å². The van der Waals surface area contributed by atoms with Crippen LogP contribution in [0.1, 0.15) is 58.4 Å². The molecule has 19 heavy (non-hydrogen) atoms. The molecule has 0 amide bonds. The zero-order valence-corrected chi connectivity index (χ0v) is 12.6. The lowest BCUT2D eigenvalue weighted by Crippen LogP contribution is -2.25. The van der Waals surface area contributed by atoms with Gasteiger partial charge in [-0.15, -0.1) is 0 Å². The Morgan fingerprint density at radius 2 is 1.84 bits per heavy atom. The van der Waals surface area contributed by atoms with Gasteiger partial charge in [-0.05, 0) is 41.9 Å². The fourth-order valence-electron chi connectivity index (χ4n) is 2.29. The zero-order chi connectivity index (χ0) is 13.9. The van der Waals surface area contributed by atoms with Gasteiger partial charge in [-0.1, -0.05) is 39.8 Å². The van der Waals surface area contributed by atoms with Crippen LogP contribution < -0.4 is 4.74 Å². The molecule has 0 radical (unpaired) electrons. The Labute approximate surface area is 117 Å². The van der Waals surface area contributed by atoms with Gasteiger partial charge in [0.2, 0.25) is 0 Å². The summed E-state index contributed by atoms with van der Waals surface area (Å²) in [7, 11) is 0. The topological polar surface area (TPSA) is 18.5 Å². The maximum absolute atomic E-state index is 5.85. The third-order valence-electron chi connectivity index (χ3n) is 4.08. The molecule has 0 spiro atoms. The monoisotopic (exact) mass is 262 g/mol. The van der Waals surface area contributed by atoms with Crippen molar-refractivity contribution in [2.75, 3.05) is 6.61 Å². The molecule has 0 aromatic heterocycles. The van der Waals surface area contributed by atoms with Gasteiger partial charge in [0.05, 0.1) is 6.61 Å². The van der Waals surface area contributed by atoms with Crippen LogP contribution in [-0.4, -0.2) is 12.9 Å². The summed E-state index contributed by atoms with van der Waals surface area (Å²) in [6.07, 6.45) is 3.30. The number of rotatable bonds is 3. The molecular weight excluding hydrogens is 236 g/mol. The van der Waals surface area contributed by atoms with Crippen molar-refractivity contribution in [2.24, 2.45) is 5.41 Å². The Morgan fingerprint density at radius 3 is 2.37 bits per heavy atom. The Morgan fingerprint density at radius 1 is 1.16 bits per heavy atom. The highest BCUT2D eigenvalue weighted by Crippen LogP contribution is 2.35. The second kappa shape index (κ2) is 5.96. The van der Waals surface area contributed by atoms with Crippen LogP contribution in [0.25, 0.3) is 0 Å². The lowest BCUT2D eigenvalue weighted by atomic mass is 9.78. The van der Waals surface area contributed by atoms with Gasteiger partial charge in [-0.3, -0.25) is 0 Å². The van der Waals surface area contributed by atoms with Gasteiger partial charge in [0, 0.05) is 6.42 Å². The van der Waals surface area contributed by atoms with Crippen LogP contribution in [0.3, 0.4) is 0 Å². The minimum atomic E-state index is -0.0559. The van der Waals surface area contributed by atoms with Crippen LogP contribution in [0.15, 0.2) is 24.3 Å². The summed E-state index contributed by atoms with van der Waals surface area (Å²) in [5.74, 6) is 1.45. The highest BCUT2D eigenvalue weighted by Gasteiger charge is 2.21. The smallest absolute Gasteiger partial charge is 0.199 e. The van der Waals surface area contributed by atoms with Crippen LogP contribution in [0, 0.1) is 5.41 Å². The SMILES string of the molecule is CC(c1ccc(OC2CCCCO2)cc1)C(C)(C)C. The minimum Gasteiger partial charge on any atom is -0.465 e. The Hall–Kier alpha value is -1.02. The molecular formula is C17H26O2. The molecule has 2 heteroatoms. The second-order valence-corrected chi connectivity index (χ2v) is 6.57. The van der Waals surface area contributed by atoms with Crippen molar-refractivity contribution in [3.05, 3.63) is 29.8 Å². The molecule has 0 N–H and O–H groups in total. The molecule has 106 valence electrons. The van der Waals surface area contributed by atoms with Crippen molar-refractivity contribution in [2.45, 2.75) is 59.2 Å². The van der Waals surface area contributed by atoms with E-state index in [4.69, 9.17) is 9.47 Å². The van der Waals surface area contributed by atoms with Gasteiger partial charge < -0.3 is 9.47 Å². The van der Waals surface area contributed by atoms with Crippen LogP contribution in [0.4, 0.5) is 0 Å². The van der Waals surface area contributed by atoms with E-state index in [-0.39, 0.29) is 11.7 Å². The Kier molecular flexibility index (Phi) is 4.51. The van der Waals surface area contributed by atoms with E-state index < -0.39 is 0 Å². The first-order valence-electron chi connectivity index (χ1n) is 7.35. The molecule has 1 aromatic rings. The lowest BCUT2D eigenvalue weighted by Gasteiger charge is -2.28. The first kappa shape index (κ1) is 14.4. The van der Waals surface area contributed by atoms with Crippen LogP contribution in [0.2, 0.25) is 0 Å². The molecule has 1 heterocycles.